The van der Waals surface area contributed by atoms with Crippen molar-refractivity contribution in [1.29, 1.82) is 0 Å². The number of ether oxygens (including phenoxy) is 5. The summed E-state index contributed by atoms with van der Waals surface area (Å²) in [5, 5.41) is 23.2. The molecule has 0 atom stereocenters. The molecule has 0 bridgehead atoms. The number of aromatic amines is 3. The van der Waals surface area contributed by atoms with Crippen molar-refractivity contribution in [3.8, 4) is 62.4 Å². The van der Waals surface area contributed by atoms with Crippen LogP contribution in [-0.2, 0) is 0 Å². The predicted molar refractivity (Wildman–Crippen MR) is 414 cm³/mol. The standard InChI is InChI=1S/C26H27N7O3.2C26H26N6O4/c1-13(2)29-24-22-17(15-6-8-19-21(10-15)36-14(3)30-19)12-28-23(22)32-26(33-24)31-18-9-7-16(25(34)27-4)11-20(18)35-5;2*1-13(2)35-25-22-17(15-6-8-19-21(10-15)36-14(3)29-19)12-28-23(22)31-26(32-25)30-18-9-7-16(24(33)27-4)11-20(18)34-5/h6-13H,1-5H3,(H,27,34)(H3,28,29,31,32,33);2*6-13H,1-5H3,(H,27,33)(H2,28,30,31,32). The molecular weight excluding hydrogens is 1380 g/mol. The third kappa shape index (κ3) is 15.4. The molecule has 9 heterocycles. The average Bonchev–Trinajstić information content (AvgIpc) is 1.61. The number of aryl methyl sites for hydroxylation is 3. The summed E-state index contributed by atoms with van der Waals surface area (Å²) in [4.78, 5) is 87.1. The number of oxazole rings is 3. The van der Waals surface area contributed by atoms with Gasteiger partial charge in [0.25, 0.3) is 17.7 Å². The molecule has 15 rings (SSSR count). The Balaban J connectivity index is 0.000000143. The van der Waals surface area contributed by atoms with Crippen LogP contribution in [0.15, 0.2) is 141 Å². The van der Waals surface area contributed by atoms with Gasteiger partial charge < -0.3 is 89.1 Å². The first kappa shape index (κ1) is 72.5. The normalized spacial score (nSPS) is 11.3. The van der Waals surface area contributed by atoms with Crippen molar-refractivity contribution in [2.75, 3.05) is 63.7 Å². The largest absolute Gasteiger partial charge is 0.495 e. The number of nitrogens with one attached hydrogen (secondary N) is 10. The third-order valence-electron chi connectivity index (χ3n) is 16.9. The highest BCUT2D eigenvalue weighted by atomic mass is 16.5. The zero-order valence-electron chi connectivity index (χ0n) is 61.9. The maximum absolute atomic E-state index is 12.0. The van der Waals surface area contributed by atoms with Gasteiger partial charge in [0.05, 0.1) is 66.8 Å². The Hall–Kier alpha value is -13.8. The minimum absolute atomic E-state index is 0.112. The molecule has 0 fully saturated rings. The summed E-state index contributed by atoms with van der Waals surface area (Å²) in [5.41, 5.74) is 15.3. The molecule has 30 heteroatoms. The number of rotatable bonds is 21. The lowest BCUT2D eigenvalue weighted by molar-refractivity contribution is 0.0955. The van der Waals surface area contributed by atoms with Gasteiger partial charge in [-0.3, -0.25) is 14.4 Å². The van der Waals surface area contributed by atoms with E-state index < -0.39 is 0 Å². The van der Waals surface area contributed by atoms with Gasteiger partial charge in [0.1, 0.15) is 56.6 Å². The summed E-state index contributed by atoms with van der Waals surface area (Å²) >= 11 is 0. The number of fused-ring (bicyclic) bond motifs is 6. The van der Waals surface area contributed by atoms with Crippen LogP contribution in [0, 0.1) is 20.8 Å². The topological polar surface area (TPSA) is 384 Å². The molecule has 0 saturated carbocycles. The van der Waals surface area contributed by atoms with Crippen LogP contribution in [0.5, 0.6) is 29.0 Å². The Morgan fingerprint density at radius 1 is 0.398 bits per heavy atom. The number of nitrogens with zero attached hydrogens (tertiary/aromatic N) is 9. The second-order valence-electron chi connectivity index (χ2n) is 25.6. The number of aromatic nitrogens is 12. The maximum Gasteiger partial charge on any atom is 0.251 e. The van der Waals surface area contributed by atoms with Gasteiger partial charge in [0.15, 0.2) is 34.4 Å². The lowest BCUT2D eigenvalue weighted by Crippen LogP contribution is -2.17. The number of benzene rings is 6. The molecule has 0 unspecified atom stereocenters. The van der Waals surface area contributed by atoms with Gasteiger partial charge >= 0.3 is 0 Å². The number of carbonyl (C=O) groups excluding carboxylic acids is 3. The zero-order chi connectivity index (χ0) is 76.2. The number of hydrogen-bond acceptors (Lipinski definition) is 24. The van der Waals surface area contributed by atoms with Gasteiger partial charge in [-0.05, 0) is 149 Å². The molecule has 9 aromatic heterocycles. The highest BCUT2D eigenvalue weighted by molar-refractivity contribution is 6.04. The maximum atomic E-state index is 12.0. The Bertz CT molecular complexity index is 5320. The molecule has 6 aromatic carbocycles. The molecule has 0 aliphatic carbocycles. The van der Waals surface area contributed by atoms with Crippen molar-refractivity contribution in [3.05, 3.63) is 162 Å². The summed E-state index contributed by atoms with van der Waals surface area (Å²) in [5.74, 6) is 5.28. The highest BCUT2D eigenvalue weighted by Gasteiger charge is 2.24. The van der Waals surface area contributed by atoms with Crippen LogP contribution < -0.4 is 60.9 Å². The van der Waals surface area contributed by atoms with Crippen LogP contribution in [0.25, 0.3) is 99.8 Å². The fourth-order valence-corrected chi connectivity index (χ4v) is 12.1. The summed E-state index contributed by atoms with van der Waals surface area (Å²) < 4.78 is 45.9. The van der Waals surface area contributed by atoms with Crippen molar-refractivity contribution < 1.29 is 51.3 Å². The van der Waals surface area contributed by atoms with Gasteiger partial charge in [-0.1, -0.05) is 18.2 Å². The van der Waals surface area contributed by atoms with E-state index in [0.717, 1.165) is 71.7 Å². The lowest BCUT2D eigenvalue weighted by atomic mass is 10.1. The van der Waals surface area contributed by atoms with Crippen molar-refractivity contribution in [1.82, 2.24) is 75.8 Å². The number of methoxy groups -OCH3 is 3. The van der Waals surface area contributed by atoms with Crippen LogP contribution in [0.3, 0.4) is 0 Å². The summed E-state index contributed by atoms with van der Waals surface area (Å²) in [7, 11) is 9.37. The third-order valence-corrected chi connectivity index (χ3v) is 16.9. The summed E-state index contributed by atoms with van der Waals surface area (Å²) in [6.07, 6.45) is 5.44. The predicted octanol–water partition coefficient (Wildman–Crippen LogP) is 15.0. The van der Waals surface area contributed by atoms with Crippen molar-refractivity contribution >= 4 is 125 Å². The Morgan fingerprint density at radius 2 is 0.722 bits per heavy atom. The van der Waals surface area contributed by atoms with Crippen molar-refractivity contribution in [2.45, 2.75) is 80.6 Å². The molecule has 10 N–H and O–H groups in total. The van der Waals surface area contributed by atoms with E-state index in [0.29, 0.717) is 132 Å². The first-order chi connectivity index (χ1) is 52.1. The summed E-state index contributed by atoms with van der Waals surface area (Å²) in [6, 6.07) is 33.1. The molecule has 0 saturated heterocycles. The highest BCUT2D eigenvalue weighted by Crippen LogP contribution is 2.42. The lowest BCUT2D eigenvalue weighted by Gasteiger charge is -2.15. The average molecular weight is 1460 g/mol. The summed E-state index contributed by atoms with van der Waals surface area (Å²) in [6.45, 7) is 17.4. The molecule has 15 aromatic rings. The van der Waals surface area contributed by atoms with Crippen molar-refractivity contribution in [2.24, 2.45) is 0 Å². The van der Waals surface area contributed by atoms with E-state index in [1.54, 1.807) is 82.9 Å². The number of amides is 3. The minimum atomic E-state index is -0.206. The van der Waals surface area contributed by atoms with Crippen molar-refractivity contribution in [3.63, 3.8) is 0 Å². The molecule has 108 heavy (non-hydrogen) atoms. The van der Waals surface area contributed by atoms with Crippen LogP contribution in [0.2, 0.25) is 0 Å². The van der Waals surface area contributed by atoms with E-state index in [9.17, 15) is 14.4 Å². The van der Waals surface area contributed by atoms with Crippen LogP contribution in [0.1, 0.15) is 90.3 Å². The van der Waals surface area contributed by atoms with E-state index in [-0.39, 0.29) is 36.0 Å². The van der Waals surface area contributed by atoms with Gasteiger partial charge in [-0.25, -0.2) is 15.0 Å². The number of anilines is 7. The second kappa shape index (κ2) is 30.9. The SMILES string of the molecule is CNC(=O)c1ccc(Nc2nc(NC(C)C)c3c(-c4ccc5nc(C)oc5c4)c[nH]c3n2)c(OC)c1.CNC(=O)c1ccc(Nc2nc(OC(C)C)c3c(-c4ccc5nc(C)oc5c4)c[nH]c3n2)c(OC)c1.CNC(=O)c1ccc(Nc2nc(OC(C)C)c3c(-c4ccc5nc(C)oc5c4)c[nH]c3n2)c(OC)c1. The molecule has 0 radical (unpaired) electrons. The minimum Gasteiger partial charge on any atom is -0.495 e. The van der Waals surface area contributed by atoms with Gasteiger partial charge in [-0.2, -0.15) is 29.9 Å². The molecule has 0 aliphatic heterocycles. The van der Waals surface area contributed by atoms with E-state index in [2.05, 4.69) is 101 Å². The van der Waals surface area contributed by atoms with Gasteiger partial charge in [0.2, 0.25) is 29.6 Å². The van der Waals surface area contributed by atoms with Gasteiger partial charge in [-0.15, -0.1) is 0 Å². The first-order valence-corrected chi connectivity index (χ1v) is 34.5. The number of hydrogen-bond donors (Lipinski definition) is 10. The first-order valence-electron chi connectivity index (χ1n) is 34.5. The molecule has 30 nitrogen and oxygen atoms in total. The second-order valence-corrected chi connectivity index (χ2v) is 25.6. The zero-order valence-corrected chi connectivity index (χ0v) is 61.9. The van der Waals surface area contributed by atoms with E-state index in [1.165, 1.54) is 14.2 Å². The fourth-order valence-electron chi connectivity index (χ4n) is 12.1. The smallest absolute Gasteiger partial charge is 0.251 e. The Kier molecular flexibility index (Phi) is 20.7. The Labute approximate surface area is 618 Å². The fraction of sp³-hybridized carbons (Fsp3) is 0.231. The van der Waals surface area contributed by atoms with E-state index in [1.807, 2.05) is 122 Å². The molecule has 552 valence electrons. The monoisotopic (exact) mass is 1460 g/mol. The molecule has 3 amide bonds. The number of carbonyl (C=O) groups is 3. The van der Waals surface area contributed by atoms with E-state index in [4.69, 9.17) is 46.9 Å². The van der Waals surface area contributed by atoms with Crippen LogP contribution in [0.4, 0.5) is 40.7 Å². The molecule has 0 aliphatic rings. The molecular formula is C78H79N19O11. The number of H-pyrrole nitrogens is 3. The van der Waals surface area contributed by atoms with Crippen LogP contribution in [-0.4, -0.2) is 138 Å². The molecule has 0 spiro atoms. The van der Waals surface area contributed by atoms with E-state index >= 15 is 0 Å². The van der Waals surface area contributed by atoms with Crippen LogP contribution >= 0.6 is 0 Å². The van der Waals surface area contributed by atoms with Gasteiger partial charge in [0, 0.05) is 99.9 Å². The quantitative estimate of drug-likeness (QED) is 0.0319. The Morgan fingerprint density at radius 3 is 1.04 bits per heavy atom.